The van der Waals surface area contributed by atoms with Crippen LogP contribution < -0.4 is 16.2 Å². The fourth-order valence-corrected chi connectivity index (χ4v) is 1.71. The van der Waals surface area contributed by atoms with Crippen molar-refractivity contribution in [2.24, 2.45) is 11.5 Å². The number of primary amides is 1. The zero-order valence-corrected chi connectivity index (χ0v) is 12.2. The summed E-state index contributed by atoms with van der Waals surface area (Å²) in [5.41, 5.74) is 11.1. The molecule has 1 atom stereocenters. The molecule has 0 spiro atoms. The highest BCUT2D eigenvalue weighted by Crippen LogP contribution is 2.31. The Morgan fingerprint density at radius 2 is 1.79 bits per heavy atom. The molecule has 0 radical (unpaired) electrons. The quantitative estimate of drug-likeness (QED) is 0.853. The van der Waals surface area contributed by atoms with Crippen molar-refractivity contribution >= 4 is 5.91 Å². The molecule has 1 aromatic carbocycles. The first-order valence-electron chi connectivity index (χ1n) is 6.46. The number of rotatable bonds is 5. The topological polar surface area (TPSA) is 78.3 Å². The van der Waals surface area contributed by atoms with Gasteiger partial charge in [-0.25, -0.2) is 0 Å². The smallest absolute Gasteiger partial charge is 0.237 e. The van der Waals surface area contributed by atoms with E-state index in [1.165, 1.54) is 0 Å². The molecule has 0 heterocycles. The molecule has 4 nitrogen and oxygen atoms in total. The van der Waals surface area contributed by atoms with Gasteiger partial charge >= 0.3 is 0 Å². The van der Waals surface area contributed by atoms with Crippen LogP contribution in [0.2, 0.25) is 0 Å². The van der Waals surface area contributed by atoms with Gasteiger partial charge in [-0.1, -0.05) is 39.0 Å². The van der Waals surface area contributed by atoms with Crippen LogP contribution in [0.1, 0.15) is 39.7 Å². The van der Waals surface area contributed by atoms with E-state index in [-0.39, 0.29) is 5.41 Å². The van der Waals surface area contributed by atoms with Crippen molar-refractivity contribution < 1.29 is 9.53 Å². The summed E-state index contributed by atoms with van der Waals surface area (Å²) < 4.78 is 5.76. The lowest BCUT2D eigenvalue weighted by Gasteiger charge is -2.24. The lowest BCUT2D eigenvalue weighted by Crippen LogP contribution is -2.50. The summed E-state index contributed by atoms with van der Waals surface area (Å²) in [5.74, 6) is 0.315. The molecule has 0 aliphatic rings. The van der Waals surface area contributed by atoms with E-state index >= 15 is 0 Å². The average molecular weight is 264 g/mol. The molecular weight excluding hydrogens is 240 g/mol. The summed E-state index contributed by atoms with van der Waals surface area (Å²) in [6, 6.07) is 7.90. The summed E-state index contributed by atoms with van der Waals surface area (Å²) in [6.45, 7) is 8.38. The van der Waals surface area contributed by atoms with E-state index in [1.54, 1.807) is 6.92 Å². The number of nitrogens with two attached hydrogens (primary N) is 2. The molecule has 0 aliphatic heterocycles. The van der Waals surface area contributed by atoms with Gasteiger partial charge in [0.1, 0.15) is 5.75 Å². The standard InChI is InChI=1S/C15H24N2O2/c1-14(2,3)11-7-5-6-8-12(11)19-10-9-15(4,17)13(16)18/h5-8H,9-10,17H2,1-4H3,(H2,16,18). The number of ether oxygens (including phenoxy) is 1. The van der Waals surface area contributed by atoms with E-state index in [0.717, 1.165) is 11.3 Å². The Balaban J connectivity index is 2.72. The SMILES string of the molecule is CC(N)(CCOc1ccccc1C(C)(C)C)C(N)=O. The van der Waals surface area contributed by atoms with Crippen molar-refractivity contribution in [1.82, 2.24) is 0 Å². The van der Waals surface area contributed by atoms with Crippen LogP contribution in [0.25, 0.3) is 0 Å². The third kappa shape index (κ3) is 4.24. The Bertz CT molecular complexity index is 448. The fourth-order valence-electron chi connectivity index (χ4n) is 1.71. The average Bonchev–Trinajstić information content (AvgIpc) is 2.27. The van der Waals surface area contributed by atoms with Crippen LogP contribution in [-0.2, 0) is 10.2 Å². The number of carbonyl (C=O) groups excluding carboxylic acids is 1. The van der Waals surface area contributed by atoms with Crippen molar-refractivity contribution in [3.8, 4) is 5.75 Å². The lowest BCUT2D eigenvalue weighted by atomic mass is 9.86. The number of hydrogen-bond acceptors (Lipinski definition) is 3. The van der Waals surface area contributed by atoms with Crippen LogP contribution in [0.15, 0.2) is 24.3 Å². The lowest BCUT2D eigenvalue weighted by molar-refractivity contribution is -0.123. The highest BCUT2D eigenvalue weighted by atomic mass is 16.5. The molecule has 19 heavy (non-hydrogen) atoms. The van der Waals surface area contributed by atoms with Gasteiger partial charge in [0.05, 0.1) is 12.1 Å². The number of benzene rings is 1. The maximum Gasteiger partial charge on any atom is 0.237 e. The van der Waals surface area contributed by atoms with Crippen LogP contribution in [0.5, 0.6) is 5.75 Å². The first-order valence-corrected chi connectivity index (χ1v) is 6.46. The predicted octanol–water partition coefficient (Wildman–Crippen LogP) is 1.96. The molecule has 1 unspecified atom stereocenters. The van der Waals surface area contributed by atoms with Crippen LogP contribution >= 0.6 is 0 Å². The number of hydrogen-bond donors (Lipinski definition) is 2. The predicted molar refractivity (Wildman–Crippen MR) is 77.0 cm³/mol. The van der Waals surface area contributed by atoms with Gasteiger partial charge in [0.2, 0.25) is 5.91 Å². The maximum atomic E-state index is 11.1. The van der Waals surface area contributed by atoms with Gasteiger partial charge in [-0.05, 0) is 24.0 Å². The van der Waals surface area contributed by atoms with Gasteiger partial charge in [0.15, 0.2) is 0 Å². The summed E-state index contributed by atoms with van der Waals surface area (Å²) in [4.78, 5) is 11.1. The maximum absolute atomic E-state index is 11.1. The first kappa shape index (κ1) is 15.5. The van der Waals surface area contributed by atoms with Gasteiger partial charge in [0.25, 0.3) is 0 Å². The summed E-state index contributed by atoms with van der Waals surface area (Å²) in [7, 11) is 0. The van der Waals surface area contributed by atoms with E-state index in [1.807, 2.05) is 24.3 Å². The molecule has 0 aliphatic carbocycles. The van der Waals surface area contributed by atoms with Crippen LogP contribution in [0.3, 0.4) is 0 Å². The normalized spacial score (nSPS) is 14.8. The van der Waals surface area contributed by atoms with Crippen molar-refractivity contribution in [2.45, 2.75) is 45.1 Å². The molecule has 0 saturated carbocycles. The Hall–Kier alpha value is -1.55. The second-order valence-corrected chi connectivity index (χ2v) is 6.13. The molecule has 1 amide bonds. The third-order valence-corrected chi connectivity index (χ3v) is 3.14. The van der Waals surface area contributed by atoms with Gasteiger partial charge < -0.3 is 16.2 Å². The number of amides is 1. The van der Waals surface area contributed by atoms with Gasteiger partial charge in [0, 0.05) is 6.42 Å². The van der Waals surface area contributed by atoms with Gasteiger partial charge in [-0.3, -0.25) is 4.79 Å². The van der Waals surface area contributed by atoms with Crippen LogP contribution in [0.4, 0.5) is 0 Å². The minimum Gasteiger partial charge on any atom is -0.493 e. The minimum atomic E-state index is -1.03. The molecule has 4 N–H and O–H groups in total. The fraction of sp³-hybridized carbons (Fsp3) is 0.533. The molecule has 0 aromatic heterocycles. The second-order valence-electron chi connectivity index (χ2n) is 6.13. The van der Waals surface area contributed by atoms with Gasteiger partial charge in [-0.2, -0.15) is 0 Å². The van der Waals surface area contributed by atoms with Gasteiger partial charge in [-0.15, -0.1) is 0 Å². The molecule has 0 fully saturated rings. The van der Waals surface area contributed by atoms with E-state index in [2.05, 4.69) is 20.8 Å². The largest absolute Gasteiger partial charge is 0.493 e. The highest BCUT2D eigenvalue weighted by molar-refractivity contribution is 5.83. The van der Waals surface area contributed by atoms with Crippen LogP contribution in [0, 0.1) is 0 Å². The first-order chi connectivity index (χ1) is 8.64. The molecule has 1 aromatic rings. The zero-order chi connectivity index (χ0) is 14.7. The molecule has 106 valence electrons. The zero-order valence-electron chi connectivity index (χ0n) is 12.2. The Labute approximate surface area is 115 Å². The van der Waals surface area contributed by atoms with Crippen LogP contribution in [-0.4, -0.2) is 18.1 Å². The van der Waals surface area contributed by atoms with E-state index in [4.69, 9.17) is 16.2 Å². The Kier molecular flexibility index (Phi) is 4.58. The van der Waals surface area contributed by atoms with Crippen molar-refractivity contribution in [3.63, 3.8) is 0 Å². The van der Waals surface area contributed by atoms with Crippen molar-refractivity contribution in [2.75, 3.05) is 6.61 Å². The Morgan fingerprint density at radius 1 is 1.21 bits per heavy atom. The van der Waals surface area contributed by atoms with E-state index in [0.29, 0.717) is 13.0 Å². The number of carbonyl (C=O) groups is 1. The molecule has 1 rings (SSSR count). The van der Waals surface area contributed by atoms with E-state index in [9.17, 15) is 4.79 Å². The molecular formula is C15H24N2O2. The van der Waals surface area contributed by atoms with E-state index < -0.39 is 11.4 Å². The number of para-hydroxylation sites is 1. The minimum absolute atomic E-state index is 0.00625. The van der Waals surface area contributed by atoms with Crippen molar-refractivity contribution in [3.05, 3.63) is 29.8 Å². The summed E-state index contributed by atoms with van der Waals surface area (Å²) in [6.07, 6.45) is 0.390. The molecule has 0 bridgehead atoms. The summed E-state index contributed by atoms with van der Waals surface area (Å²) in [5, 5.41) is 0. The van der Waals surface area contributed by atoms with Crippen molar-refractivity contribution in [1.29, 1.82) is 0 Å². The second kappa shape index (κ2) is 5.61. The third-order valence-electron chi connectivity index (χ3n) is 3.14. The highest BCUT2D eigenvalue weighted by Gasteiger charge is 2.26. The molecule has 4 heteroatoms. The molecule has 0 saturated heterocycles. The Morgan fingerprint density at radius 3 is 2.32 bits per heavy atom. The summed E-state index contributed by atoms with van der Waals surface area (Å²) >= 11 is 0. The monoisotopic (exact) mass is 264 g/mol.